The fraction of sp³-hybridized carbons (Fsp3) is 0.286. The summed E-state index contributed by atoms with van der Waals surface area (Å²) < 4.78 is 6.13. The Balaban J connectivity index is 2.41. The summed E-state index contributed by atoms with van der Waals surface area (Å²) in [6.45, 7) is 5.93. The molecule has 1 aromatic carbocycles. The van der Waals surface area contributed by atoms with Gasteiger partial charge in [-0.1, -0.05) is 32.9 Å². The molecule has 0 unspecified atom stereocenters. The average Bonchev–Trinajstić information content (AvgIpc) is 2.37. The highest BCUT2D eigenvalue weighted by atomic mass is 79.9. The van der Waals surface area contributed by atoms with Gasteiger partial charge in [-0.25, -0.2) is 4.98 Å². The van der Waals surface area contributed by atoms with Crippen LogP contribution in [0.5, 0.6) is 11.6 Å². The van der Waals surface area contributed by atoms with E-state index in [1.165, 1.54) is 12.1 Å². The van der Waals surface area contributed by atoms with E-state index >= 15 is 0 Å². The summed E-state index contributed by atoms with van der Waals surface area (Å²) in [7, 11) is 0. The van der Waals surface area contributed by atoms with E-state index in [9.17, 15) is 10.1 Å². The zero-order valence-electron chi connectivity index (χ0n) is 11.8. The van der Waals surface area contributed by atoms with Crippen molar-refractivity contribution in [1.29, 1.82) is 0 Å². The van der Waals surface area contributed by atoms with Crippen molar-refractivity contribution in [3.8, 4) is 11.6 Å². The monoisotopic (exact) mass is 351 g/mol. The number of benzene rings is 1. The third kappa shape index (κ3) is 3.75. The highest BCUT2D eigenvalue weighted by molar-refractivity contribution is 9.10. The van der Waals surface area contributed by atoms with E-state index in [0.29, 0.717) is 10.4 Å². The lowest BCUT2D eigenvalue weighted by molar-refractivity contribution is -0.385. The van der Waals surface area contributed by atoms with Crippen molar-refractivity contribution in [1.82, 2.24) is 9.97 Å². The Bertz CT molecular complexity index is 683. The average molecular weight is 352 g/mol. The van der Waals surface area contributed by atoms with Gasteiger partial charge in [0.25, 0.3) is 0 Å². The second kappa shape index (κ2) is 5.77. The minimum Gasteiger partial charge on any atom is -0.432 e. The van der Waals surface area contributed by atoms with Crippen molar-refractivity contribution in [2.75, 3.05) is 0 Å². The Hall–Kier alpha value is -2.02. The molecule has 0 radical (unpaired) electrons. The molecule has 2 aromatic rings. The van der Waals surface area contributed by atoms with E-state index in [0.717, 1.165) is 0 Å². The maximum absolute atomic E-state index is 11.0. The topological polar surface area (TPSA) is 78.2 Å². The number of hydrogen-bond donors (Lipinski definition) is 0. The van der Waals surface area contributed by atoms with Crippen molar-refractivity contribution in [2.45, 2.75) is 26.2 Å². The van der Waals surface area contributed by atoms with Crippen LogP contribution in [-0.2, 0) is 5.41 Å². The molecule has 0 N–H and O–H groups in total. The molecule has 0 amide bonds. The Morgan fingerprint density at radius 3 is 2.52 bits per heavy atom. The summed E-state index contributed by atoms with van der Waals surface area (Å²) in [5.41, 5.74) is -0.366. The van der Waals surface area contributed by atoms with E-state index in [2.05, 4.69) is 25.9 Å². The predicted octanol–water partition coefficient (Wildman–Crippen LogP) is 4.24. The Morgan fingerprint density at radius 2 is 1.90 bits per heavy atom. The Labute approximate surface area is 130 Å². The molecule has 0 saturated heterocycles. The van der Waals surface area contributed by atoms with Gasteiger partial charge >= 0.3 is 5.69 Å². The minimum atomic E-state index is -0.490. The number of halogens is 1. The SMILES string of the molecule is CC(C)(C)c1nc(Br)cc(Oc2ccccc2[N+](=O)[O-])n1. The van der Waals surface area contributed by atoms with E-state index < -0.39 is 4.92 Å². The van der Waals surface area contributed by atoms with Crippen molar-refractivity contribution < 1.29 is 9.66 Å². The van der Waals surface area contributed by atoms with Crippen molar-refractivity contribution in [2.24, 2.45) is 0 Å². The first-order valence-corrected chi connectivity index (χ1v) is 7.03. The Morgan fingerprint density at radius 1 is 1.24 bits per heavy atom. The van der Waals surface area contributed by atoms with Crippen LogP contribution in [0.1, 0.15) is 26.6 Å². The second-order valence-electron chi connectivity index (χ2n) is 5.43. The van der Waals surface area contributed by atoms with Crippen molar-refractivity contribution in [3.63, 3.8) is 0 Å². The smallest absolute Gasteiger partial charge is 0.311 e. The Kier molecular flexibility index (Phi) is 4.22. The van der Waals surface area contributed by atoms with Crippen LogP contribution in [-0.4, -0.2) is 14.9 Å². The molecule has 21 heavy (non-hydrogen) atoms. The predicted molar refractivity (Wildman–Crippen MR) is 81.6 cm³/mol. The van der Waals surface area contributed by atoms with E-state index in [1.807, 2.05) is 20.8 Å². The molecular formula is C14H14BrN3O3. The van der Waals surface area contributed by atoms with Crippen LogP contribution in [0.25, 0.3) is 0 Å². The second-order valence-corrected chi connectivity index (χ2v) is 6.24. The number of rotatable bonds is 3. The molecule has 6 nitrogen and oxygen atoms in total. The molecule has 7 heteroatoms. The largest absolute Gasteiger partial charge is 0.432 e. The van der Waals surface area contributed by atoms with Gasteiger partial charge < -0.3 is 4.74 Å². The van der Waals surface area contributed by atoms with Gasteiger partial charge in [-0.3, -0.25) is 10.1 Å². The van der Waals surface area contributed by atoms with Crippen LogP contribution in [0, 0.1) is 10.1 Å². The molecule has 0 aliphatic carbocycles. The molecule has 0 saturated carbocycles. The van der Waals surface area contributed by atoms with Crippen LogP contribution in [0.15, 0.2) is 34.9 Å². The minimum absolute atomic E-state index is 0.107. The van der Waals surface area contributed by atoms with Gasteiger partial charge in [-0.05, 0) is 22.0 Å². The zero-order chi connectivity index (χ0) is 15.6. The first-order chi connectivity index (χ1) is 9.77. The third-order valence-electron chi connectivity index (χ3n) is 2.62. The van der Waals surface area contributed by atoms with Crippen LogP contribution in [0.4, 0.5) is 5.69 Å². The standard InChI is InChI=1S/C14H14BrN3O3/c1-14(2,3)13-16-11(15)8-12(17-13)21-10-7-5-4-6-9(10)18(19)20/h4-8H,1-3H3. The van der Waals surface area contributed by atoms with E-state index in [1.54, 1.807) is 18.2 Å². The molecule has 0 bridgehead atoms. The number of para-hydroxylation sites is 2. The fourth-order valence-corrected chi connectivity index (χ4v) is 1.96. The van der Waals surface area contributed by atoms with Gasteiger partial charge in [-0.15, -0.1) is 0 Å². The highest BCUT2D eigenvalue weighted by Crippen LogP contribution is 2.31. The molecule has 0 aliphatic heterocycles. The number of nitro groups is 1. The van der Waals surface area contributed by atoms with Gasteiger partial charge in [0.15, 0.2) is 0 Å². The number of nitrogens with zero attached hydrogens (tertiary/aromatic N) is 3. The molecule has 0 aliphatic rings. The van der Waals surface area contributed by atoms with Gasteiger partial charge in [0.2, 0.25) is 11.6 Å². The van der Waals surface area contributed by atoms with Crippen molar-refractivity contribution in [3.05, 3.63) is 50.9 Å². The maximum Gasteiger partial charge on any atom is 0.311 e. The fourth-order valence-electron chi connectivity index (χ4n) is 1.59. The van der Waals surface area contributed by atoms with E-state index in [-0.39, 0.29) is 22.7 Å². The van der Waals surface area contributed by atoms with Crippen LogP contribution < -0.4 is 4.74 Å². The molecule has 1 aromatic heterocycles. The molecule has 0 atom stereocenters. The number of aromatic nitrogens is 2. The molecule has 2 rings (SSSR count). The molecule has 0 spiro atoms. The lowest BCUT2D eigenvalue weighted by atomic mass is 9.96. The molecule has 0 fully saturated rings. The lowest BCUT2D eigenvalue weighted by Crippen LogP contribution is -2.16. The van der Waals surface area contributed by atoms with Crippen molar-refractivity contribution >= 4 is 21.6 Å². The summed E-state index contributed by atoms with van der Waals surface area (Å²) in [6.07, 6.45) is 0. The molecule has 1 heterocycles. The summed E-state index contributed by atoms with van der Waals surface area (Å²) in [4.78, 5) is 19.1. The third-order valence-corrected chi connectivity index (χ3v) is 3.02. The number of ether oxygens (including phenoxy) is 1. The number of nitro benzene ring substituents is 1. The maximum atomic E-state index is 11.0. The first kappa shape index (κ1) is 15.4. The summed E-state index contributed by atoms with van der Waals surface area (Å²) >= 11 is 3.30. The van der Waals surface area contributed by atoms with Crippen LogP contribution >= 0.6 is 15.9 Å². The first-order valence-electron chi connectivity index (χ1n) is 6.24. The van der Waals surface area contributed by atoms with Gasteiger partial charge in [0.1, 0.15) is 10.4 Å². The molecule has 110 valence electrons. The highest BCUT2D eigenvalue weighted by Gasteiger charge is 2.21. The quantitative estimate of drug-likeness (QED) is 0.469. The normalized spacial score (nSPS) is 11.2. The lowest BCUT2D eigenvalue weighted by Gasteiger charge is -2.17. The van der Waals surface area contributed by atoms with Crippen LogP contribution in [0.2, 0.25) is 0 Å². The summed E-state index contributed by atoms with van der Waals surface area (Å²) in [5.74, 6) is 0.995. The van der Waals surface area contributed by atoms with Gasteiger partial charge in [0, 0.05) is 17.5 Å². The van der Waals surface area contributed by atoms with Gasteiger partial charge in [0.05, 0.1) is 4.92 Å². The summed E-state index contributed by atoms with van der Waals surface area (Å²) in [6, 6.07) is 7.75. The number of hydrogen-bond acceptors (Lipinski definition) is 5. The van der Waals surface area contributed by atoms with Crippen LogP contribution in [0.3, 0.4) is 0 Å². The summed E-state index contributed by atoms with van der Waals surface area (Å²) in [5, 5.41) is 11.0. The van der Waals surface area contributed by atoms with Gasteiger partial charge in [-0.2, -0.15) is 4.98 Å². The van der Waals surface area contributed by atoms with E-state index in [4.69, 9.17) is 4.74 Å². The molecular weight excluding hydrogens is 338 g/mol. The zero-order valence-corrected chi connectivity index (χ0v) is 13.4.